The van der Waals surface area contributed by atoms with E-state index in [1.165, 1.54) is 6.21 Å². The molecule has 0 saturated carbocycles. The molecule has 7 heteroatoms. The first-order valence-corrected chi connectivity index (χ1v) is 8.76. The second-order valence-corrected chi connectivity index (χ2v) is 6.07. The average molecular weight is 379 g/mol. The van der Waals surface area contributed by atoms with Crippen LogP contribution < -0.4 is 14.9 Å². The number of hydrogen-bond donors (Lipinski definition) is 1. The molecule has 3 rings (SSSR count). The maximum atomic E-state index is 11.8. The number of benzene rings is 2. The van der Waals surface area contributed by atoms with Gasteiger partial charge in [-0.05, 0) is 43.7 Å². The maximum Gasteiger partial charge on any atom is 0.277 e. The van der Waals surface area contributed by atoms with Crippen molar-refractivity contribution in [3.8, 4) is 11.5 Å². The number of hydrogen-bond acceptors (Lipinski definition) is 6. The third-order valence-electron chi connectivity index (χ3n) is 3.91. The third-order valence-corrected chi connectivity index (χ3v) is 3.91. The fourth-order valence-electron chi connectivity index (χ4n) is 2.40. The van der Waals surface area contributed by atoms with Gasteiger partial charge in [-0.15, -0.1) is 0 Å². The molecule has 0 bridgehead atoms. The highest BCUT2D eigenvalue weighted by molar-refractivity contribution is 5.84. The highest BCUT2D eigenvalue weighted by Crippen LogP contribution is 2.18. The summed E-state index contributed by atoms with van der Waals surface area (Å²) in [4.78, 5) is 11.8. The summed E-state index contributed by atoms with van der Waals surface area (Å²) in [6.45, 7) is 3.92. The number of aryl methyl sites for hydroxylation is 2. The molecule has 0 spiro atoms. The predicted molar refractivity (Wildman–Crippen MR) is 104 cm³/mol. The third kappa shape index (κ3) is 5.44. The van der Waals surface area contributed by atoms with E-state index in [4.69, 9.17) is 14.0 Å². The number of aromatic nitrogens is 1. The SMILES string of the molecule is Cc1noc(C)c1/C=N/NC(=O)COc1ccc(OCc2ccccc2)cc1. The van der Waals surface area contributed by atoms with Crippen molar-refractivity contribution in [2.45, 2.75) is 20.5 Å². The van der Waals surface area contributed by atoms with E-state index in [0.29, 0.717) is 23.8 Å². The molecule has 0 unspecified atom stereocenters. The number of carbonyl (C=O) groups excluding carboxylic acids is 1. The Bertz CT molecular complexity index is 915. The van der Waals surface area contributed by atoms with E-state index in [1.54, 1.807) is 38.1 Å². The lowest BCUT2D eigenvalue weighted by atomic mass is 10.2. The molecule has 28 heavy (non-hydrogen) atoms. The van der Waals surface area contributed by atoms with Gasteiger partial charge in [0.05, 0.1) is 17.5 Å². The van der Waals surface area contributed by atoms with Gasteiger partial charge in [0.25, 0.3) is 5.91 Å². The first kappa shape index (κ1) is 19.2. The van der Waals surface area contributed by atoms with E-state index in [1.807, 2.05) is 30.3 Å². The van der Waals surface area contributed by atoms with Crippen LogP contribution in [0.3, 0.4) is 0 Å². The fourth-order valence-corrected chi connectivity index (χ4v) is 2.40. The van der Waals surface area contributed by atoms with Gasteiger partial charge in [-0.1, -0.05) is 35.5 Å². The Morgan fingerprint density at radius 3 is 2.39 bits per heavy atom. The monoisotopic (exact) mass is 379 g/mol. The van der Waals surface area contributed by atoms with Gasteiger partial charge in [0.1, 0.15) is 23.9 Å². The van der Waals surface area contributed by atoms with E-state index in [2.05, 4.69) is 15.7 Å². The smallest absolute Gasteiger partial charge is 0.277 e. The molecular formula is C21H21N3O4. The lowest BCUT2D eigenvalue weighted by molar-refractivity contribution is -0.123. The van der Waals surface area contributed by atoms with Crippen LogP contribution in [-0.4, -0.2) is 23.9 Å². The standard InChI is InChI=1S/C21H21N3O4/c1-15-20(16(2)28-24-15)12-22-23-21(25)14-27-19-10-8-18(9-11-19)26-13-17-6-4-3-5-7-17/h3-12H,13-14H2,1-2H3,(H,23,25)/b22-12+. The Hall–Kier alpha value is -3.61. The Balaban J connectivity index is 1.42. The van der Waals surface area contributed by atoms with E-state index in [9.17, 15) is 4.79 Å². The van der Waals surface area contributed by atoms with Gasteiger partial charge >= 0.3 is 0 Å². The Kier molecular flexibility index (Phi) is 6.41. The summed E-state index contributed by atoms with van der Waals surface area (Å²) in [6, 6.07) is 17.0. The quantitative estimate of drug-likeness (QED) is 0.479. The molecule has 0 atom stereocenters. The molecule has 1 N–H and O–H groups in total. The minimum Gasteiger partial charge on any atom is -0.489 e. The zero-order valence-electron chi connectivity index (χ0n) is 15.7. The minimum absolute atomic E-state index is 0.150. The number of nitrogens with zero attached hydrogens (tertiary/aromatic N) is 2. The molecular weight excluding hydrogens is 358 g/mol. The van der Waals surface area contributed by atoms with Crippen LogP contribution in [0.25, 0.3) is 0 Å². The molecule has 3 aromatic rings. The van der Waals surface area contributed by atoms with E-state index in [-0.39, 0.29) is 12.5 Å². The van der Waals surface area contributed by atoms with E-state index < -0.39 is 0 Å². The second-order valence-electron chi connectivity index (χ2n) is 6.07. The Morgan fingerprint density at radius 2 is 1.75 bits per heavy atom. The Morgan fingerprint density at radius 1 is 1.07 bits per heavy atom. The molecule has 144 valence electrons. The molecule has 1 aromatic heterocycles. The van der Waals surface area contributed by atoms with Crippen LogP contribution >= 0.6 is 0 Å². The van der Waals surface area contributed by atoms with Crippen molar-refractivity contribution in [1.29, 1.82) is 0 Å². The number of rotatable bonds is 8. The number of hydrazone groups is 1. The summed E-state index contributed by atoms with van der Waals surface area (Å²) >= 11 is 0. The van der Waals surface area contributed by atoms with Crippen molar-refractivity contribution >= 4 is 12.1 Å². The van der Waals surface area contributed by atoms with Crippen molar-refractivity contribution in [3.63, 3.8) is 0 Å². The van der Waals surface area contributed by atoms with E-state index >= 15 is 0 Å². The lowest BCUT2D eigenvalue weighted by Crippen LogP contribution is -2.24. The predicted octanol–water partition coefficient (Wildman–Crippen LogP) is 3.40. The molecule has 0 aliphatic rings. The molecule has 1 amide bonds. The molecule has 1 heterocycles. The van der Waals surface area contributed by atoms with Crippen LogP contribution in [0.5, 0.6) is 11.5 Å². The van der Waals surface area contributed by atoms with Crippen molar-refractivity contribution in [1.82, 2.24) is 10.6 Å². The zero-order valence-corrected chi connectivity index (χ0v) is 15.7. The van der Waals surface area contributed by atoms with Crippen LogP contribution in [0, 0.1) is 13.8 Å². The summed E-state index contributed by atoms with van der Waals surface area (Å²) in [6.07, 6.45) is 1.50. The first-order chi connectivity index (χ1) is 13.6. The molecule has 7 nitrogen and oxygen atoms in total. The van der Waals surface area contributed by atoms with Crippen molar-refractivity contribution in [3.05, 3.63) is 77.2 Å². The normalized spacial score (nSPS) is 10.8. The fraction of sp³-hybridized carbons (Fsp3) is 0.190. The Labute approximate surface area is 163 Å². The summed E-state index contributed by atoms with van der Waals surface area (Å²) in [5, 5.41) is 7.70. The summed E-state index contributed by atoms with van der Waals surface area (Å²) < 4.78 is 16.2. The number of nitrogens with one attached hydrogen (secondary N) is 1. The topological polar surface area (TPSA) is 86.0 Å². The summed E-state index contributed by atoms with van der Waals surface area (Å²) in [5.41, 5.74) is 4.95. The van der Waals surface area contributed by atoms with Gasteiger partial charge in [0, 0.05) is 0 Å². The van der Waals surface area contributed by atoms with Gasteiger partial charge in [-0.25, -0.2) is 5.43 Å². The molecule has 0 saturated heterocycles. The van der Waals surface area contributed by atoms with Crippen LogP contribution in [0.2, 0.25) is 0 Å². The number of amides is 1. The second kappa shape index (κ2) is 9.36. The molecule has 0 fully saturated rings. The maximum absolute atomic E-state index is 11.8. The summed E-state index contributed by atoms with van der Waals surface area (Å²) in [5.74, 6) is 1.57. The van der Waals surface area contributed by atoms with Crippen LogP contribution in [0.15, 0.2) is 64.2 Å². The molecule has 0 radical (unpaired) electrons. The van der Waals surface area contributed by atoms with Crippen molar-refractivity contribution in [2.75, 3.05) is 6.61 Å². The van der Waals surface area contributed by atoms with Crippen LogP contribution in [0.1, 0.15) is 22.6 Å². The largest absolute Gasteiger partial charge is 0.489 e. The van der Waals surface area contributed by atoms with Crippen molar-refractivity contribution in [2.24, 2.45) is 5.10 Å². The lowest BCUT2D eigenvalue weighted by Gasteiger charge is -2.08. The average Bonchev–Trinajstić information content (AvgIpc) is 3.04. The van der Waals surface area contributed by atoms with Gasteiger partial charge in [0.2, 0.25) is 0 Å². The van der Waals surface area contributed by atoms with Gasteiger partial charge < -0.3 is 14.0 Å². The van der Waals surface area contributed by atoms with Gasteiger partial charge in [-0.3, -0.25) is 4.79 Å². The molecule has 0 aliphatic heterocycles. The number of ether oxygens (including phenoxy) is 2. The van der Waals surface area contributed by atoms with Crippen LogP contribution in [0.4, 0.5) is 0 Å². The van der Waals surface area contributed by atoms with E-state index in [0.717, 1.165) is 16.9 Å². The van der Waals surface area contributed by atoms with Crippen molar-refractivity contribution < 1.29 is 18.8 Å². The van der Waals surface area contributed by atoms with Gasteiger partial charge in [0.15, 0.2) is 6.61 Å². The van der Waals surface area contributed by atoms with Crippen LogP contribution in [-0.2, 0) is 11.4 Å². The highest BCUT2D eigenvalue weighted by Gasteiger charge is 2.06. The molecule has 2 aromatic carbocycles. The first-order valence-electron chi connectivity index (χ1n) is 8.76. The number of carbonyl (C=O) groups is 1. The zero-order chi connectivity index (χ0) is 19.8. The minimum atomic E-state index is -0.368. The summed E-state index contributed by atoms with van der Waals surface area (Å²) in [7, 11) is 0. The highest BCUT2D eigenvalue weighted by atomic mass is 16.5. The van der Waals surface area contributed by atoms with Gasteiger partial charge in [-0.2, -0.15) is 5.10 Å². The molecule has 0 aliphatic carbocycles.